The topological polar surface area (TPSA) is 54.6 Å². The van der Waals surface area contributed by atoms with Crippen molar-refractivity contribution in [3.63, 3.8) is 0 Å². The highest BCUT2D eigenvalue weighted by Gasteiger charge is 2.10. The Bertz CT molecular complexity index is 519. The molecule has 0 spiro atoms. The van der Waals surface area contributed by atoms with E-state index in [1.165, 1.54) is 6.20 Å². The maximum atomic E-state index is 10.7. The van der Waals surface area contributed by atoms with Crippen molar-refractivity contribution in [1.29, 1.82) is 0 Å². The normalized spacial score (nSPS) is 10.7. The van der Waals surface area contributed by atoms with Gasteiger partial charge in [-0.15, -0.1) is 0 Å². The minimum absolute atomic E-state index is 0.0613. The molecule has 72 valence electrons. The number of fused-ring (bicyclic) bond motifs is 1. The highest BCUT2D eigenvalue weighted by atomic mass is 79.9. The van der Waals surface area contributed by atoms with Gasteiger partial charge < -0.3 is 9.51 Å². The Labute approximate surface area is 88.3 Å². The summed E-state index contributed by atoms with van der Waals surface area (Å²) < 4.78 is 2.67. The first-order valence-corrected chi connectivity index (χ1v) is 4.76. The Hall–Kier alpha value is -1.36. The first kappa shape index (κ1) is 9.21. The minimum atomic E-state index is -1.01. The summed E-state index contributed by atoms with van der Waals surface area (Å²) in [7, 11) is 0. The second kappa shape index (κ2) is 3.09. The van der Waals surface area contributed by atoms with Crippen LogP contribution in [0, 0.1) is 6.92 Å². The third kappa shape index (κ3) is 1.29. The van der Waals surface area contributed by atoms with Gasteiger partial charge in [0.1, 0.15) is 5.65 Å². The smallest absolute Gasteiger partial charge is 0.356 e. The van der Waals surface area contributed by atoms with Gasteiger partial charge in [0.2, 0.25) is 0 Å². The van der Waals surface area contributed by atoms with E-state index in [0.717, 1.165) is 10.2 Å². The molecule has 2 heterocycles. The number of imidazole rings is 1. The van der Waals surface area contributed by atoms with Crippen LogP contribution in [-0.2, 0) is 0 Å². The first-order valence-electron chi connectivity index (χ1n) is 3.97. The quantitative estimate of drug-likeness (QED) is 0.848. The average molecular weight is 255 g/mol. The van der Waals surface area contributed by atoms with Crippen LogP contribution in [0.15, 0.2) is 22.8 Å². The summed E-state index contributed by atoms with van der Waals surface area (Å²) in [6.07, 6.45) is 1.51. The molecule has 0 aliphatic rings. The van der Waals surface area contributed by atoms with Gasteiger partial charge in [-0.3, -0.25) is 0 Å². The van der Waals surface area contributed by atoms with E-state index >= 15 is 0 Å². The molecule has 0 unspecified atom stereocenters. The van der Waals surface area contributed by atoms with Crippen LogP contribution >= 0.6 is 15.9 Å². The molecule has 0 saturated heterocycles. The van der Waals surface area contributed by atoms with Crippen molar-refractivity contribution in [3.05, 3.63) is 34.2 Å². The molecule has 0 bridgehead atoms. The van der Waals surface area contributed by atoms with Crippen molar-refractivity contribution in [3.8, 4) is 0 Å². The molecule has 0 saturated carbocycles. The van der Waals surface area contributed by atoms with Crippen molar-refractivity contribution < 1.29 is 9.90 Å². The van der Waals surface area contributed by atoms with Gasteiger partial charge >= 0.3 is 5.97 Å². The van der Waals surface area contributed by atoms with Crippen LogP contribution in [0.4, 0.5) is 0 Å². The third-order valence-corrected chi connectivity index (χ3v) is 2.88. The van der Waals surface area contributed by atoms with E-state index in [1.54, 1.807) is 10.5 Å². The maximum absolute atomic E-state index is 10.7. The molecule has 14 heavy (non-hydrogen) atoms. The van der Waals surface area contributed by atoms with Crippen LogP contribution in [-0.4, -0.2) is 20.5 Å². The summed E-state index contributed by atoms with van der Waals surface area (Å²) in [6.45, 7) is 1.89. The molecule has 2 rings (SSSR count). The van der Waals surface area contributed by atoms with E-state index < -0.39 is 5.97 Å². The number of aryl methyl sites for hydroxylation is 1. The standard InChI is InChI=1S/C9H7BrN2O2/c1-5-6(10)2-3-8-11-7(9(13)14)4-12(5)8/h2-4H,1H3,(H,13,14). The van der Waals surface area contributed by atoms with Crippen molar-refractivity contribution in [2.75, 3.05) is 0 Å². The largest absolute Gasteiger partial charge is 0.476 e. The van der Waals surface area contributed by atoms with E-state index in [-0.39, 0.29) is 5.69 Å². The second-order valence-corrected chi connectivity index (χ2v) is 3.78. The van der Waals surface area contributed by atoms with Crippen molar-refractivity contribution in [1.82, 2.24) is 9.38 Å². The number of aromatic carboxylic acids is 1. The fraction of sp³-hybridized carbons (Fsp3) is 0.111. The molecule has 0 radical (unpaired) electrons. The lowest BCUT2D eigenvalue weighted by Gasteiger charge is -2.00. The number of carboxylic acid groups (broad SMARTS) is 1. The molecule has 0 atom stereocenters. The van der Waals surface area contributed by atoms with Crippen LogP contribution in [0.1, 0.15) is 16.2 Å². The molecule has 0 amide bonds. The summed E-state index contributed by atoms with van der Waals surface area (Å²) in [5.41, 5.74) is 1.64. The number of nitrogens with zero attached hydrogens (tertiary/aromatic N) is 2. The number of carboxylic acids is 1. The van der Waals surface area contributed by atoms with Crippen molar-refractivity contribution in [2.24, 2.45) is 0 Å². The van der Waals surface area contributed by atoms with Crippen molar-refractivity contribution >= 4 is 27.5 Å². The fourth-order valence-electron chi connectivity index (χ4n) is 1.27. The molecule has 0 aliphatic heterocycles. The van der Waals surface area contributed by atoms with E-state index in [2.05, 4.69) is 20.9 Å². The number of rotatable bonds is 1. The van der Waals surface area contributed by atoms with Crippen LogP contribution < -0.4 is 0 Å². The van der Waals surface area contributed by atoms with E-state index in [0.29, 0.717) is 5.65 Å². The van der Waals surface area contributed by atoms with Gasteiger partial charge in [0, 0.05) is 16.4 Å². The number of pyridine rings is 1. The van der Waals surface area contributed by atoms with Gasteiger partial charge in [-0.05, 0) is 35.0 Å². The van der Waals surface area contributed by atoms with Gasteiger partial charge in [0.05, 0.1) is 0 Å². The summed E-state index contributed by atoms with van der Waals surface area (Å²) in [5.74, 6) is -1.01. The molecule has 0 fully saturated rings. The highest BCUT2D eigenvalue weighted by molar-refractivity contribution is 9.10. The van der Waals surface area contributed by atoms with Gasteiger partial charge in [0.15, 0.2) is 5.69 Å². The summed E-state index contributed by atoms with van der Waals surface area (Å²) in [4.78, 5) is 14.6. The summed E-state index contributed by atoms with van der Waals surface area (Å²) in [6, 6.07) is 3.62. The average Bonchev–Trinajstić information content (AvgIpc) is 2.56. The van der Waals surface area contributed by atoms with Crippen LogP contribution in [0.3, 0.4) is 0 Å². The van der Waals surface area contributed by atoms with E-state index in [4.69, 9.17) is 5.11 Å². The molecular weight excluding hydrogens is 248 g/mol. The Morgan fingerprint density at radius 1 is 1.57 bits per heavy atom. The van der Waals surface area contributed by atoms with Gasteiger partial charge in [-0.25, -0.2) is 9.78 Å². The SMILES string of the molecule is Cc1c(Br)ccc2nc(C(=O)O)cn12. The zero-order valence-electron chi connectivity index (χ0n) is 7.36. The summed E-state index contributed by atoms with van der Waals surface area (Å²) in [5, 5.41) is 8.76. The maximum Gasteiger partial charge on any atom is 0.356 e. The predicted octanol–water partition coefficient (Wildman–Crippen LogP) is 2.10. The van der Waals surface area contributed by atoms with Gasteiger partial charge in [0.25, 0.3) is 0 Å². The molecule has 1 N–H and O–H groups in total. The lowest BCUT2D eigenvalue weighted by molar-refractivity contribution is 0.0691. The van der Waals surface area contributed by atoms with E-state index in [1.807, 2.05) is 13.0 Å². The predicted molar refractivity (Wildman–Crippen MR) is 54.6 cm³/mol. The Kier molecular flexibility index (Phi) is 2.03. The Morgan fingerprint density at radius 2 is 2.29 bits per heavy atom. The number of aromatic nitrogens is 2. The monoisotopic (exact) mass is 254 g/mol. The molecule has 4 nitrogen and oxygen atoms in total. The highest BCUT2D eigenvalue weighted by Crippen LogP contribution is 2.18. The number of carbonyl (C=O) groups is 1. The third-order valence-electron chi connectivity index (χ3n) is 2.04. The fourth-order valence-corrected chi connectivity index (χ4v) is 1.59. The molecule has 2 aromatic rings. The van der Waals surface area contributed by atoms with Crippen LogP contribution in [0.2, 0.25) is 0 Å². The van der Waals surface area contributed by atoms with Crippen molar-refractivity contribution in [2.45, 2.75) is 6.92 Å². The molecule has 0 aromatic carbocycles. The lowest BCUT2D eigenvalue weighted by Crippen LogP contribution is -1.95. The first-order chi connectivity index (χ1) is 6.59. The lowest BCUT2D eigenvalue weighted by atomic mass is 10.4. The minimum Gasteiger partial charge on any atom is -0.476 e. The Balaban J connectivity index is 2.77. The molecule has 2 aromatic heterocycles. The van der Waals surface area contributed by atoms with E-state index in [9.17, 15) is 4.79 Å². The molecule has 5 heteroatoms. The zero-order valence-corrected chi connectivity index (χ0v) is 8.95. The zero-order chi connectivity index (χ0) is 10.3. The van der Waals surface area contributed by atoms with Crippen LogP contribution in [0.25, 0.3) is 5.65 Å². The number of hydrogen-bond acceptors (Lipinski definition) is 2. The summed E-state index contributed by atoms with van der Waals surface area (Å²) >= 11 is 3.37. The molecule has 0 aliphatic carbocycles. The van der Waals surface area contributed by atoms with Gasteiger partial charge in [-0.1, -0.05) is 0 Å². The second-order valence-electron chi connectivity index (χ2n) is 2.93. The number of halogens is 1. The van der Waals surface area contributed by atoms with Gasteiger partial charge in [-0.2, -0.15) is 0 Å². The molecular formula is C9H7BrN2O2. The number of hydrogen-bond donors (Lipinski definition) is 1. The van der Waals surface area contributed by atoms with Crippen LogP contribution in [0.5, 0.6) is 0 Å². The Morgan fingerprint density at radius 3 is 2.93 bits per heavy atom.